The van der Waals surface area contributed by atoms with Crippen LogP contribution in [0.3, 0.4) is 0 Å². The van der Waals surface area contributed by atoms with Gasteiger partial charge in [-0.3, -0.25) is 0 Å². The molecule has 0 saturated carbocycles. The molecule has 3 heterocycles. The Hall–Kier alpha value is -1.28. The molecule has 0 bridgehead atoms. The number of β-amino-alcohol motifs (C(OH)–C–C–N with tert-alkyl or cyclic N) is 1. The highest BCUT2D eigenvalue weighted by Gasteiger charge is 2.48. The minimum Gasteiger partial charge on any atom is -0.385 e. The van der Waals surface area contributed by atoms with E-state index in [1.165, 1.54) is 11.2 Å². The summed E-state index contributed by atoms with van der Waals surface area (Å²) < 4.78 is 29.0. The summed E-state index contributed by atoms with van der Waals surface area (Å²) in [4.78, 5) is 5.40. The van der Waals surface area contributed by atoms with Crippen LogP contribution in [-0.2, 0) is 0 Å². The molecule has 3 rings (SSSR count). The number of fused-ring (bicyclic) bond motifs is 1. The molecule has 0 aliphatic carbocycles. The fourth-order valence-electron chi connectivity index (χ4n) is 2.06. The van der Waals surface area contributed by atoms with E-state index in [4.69, 9.17) is 0 Å². The van der Waals surface area contributed by atoms with Crippen LogP contribution in [0, 0.1) is 0 Å². The smallest absolute Gasteiger partial charge is 0.292 e. The average Bonchev–Trinajstić information content (AvgIpc) is 2.78. The Balaban J connectivity index is 2.05. The van der Waals surface area contributed by atoms with E-state index >= 15 is 0 Å². The first kappa shape index (κ1) is 11.8. The maximum Gasteiger partial charge on any atom is 0.292 e. The Morgan fingerprint density at radius 2 is 2.28 bits per heavy atom. The van der Waals surface area contributed by atoms with Crippen molar-refractivity contribution in [3.8, 4) is 0 Å². The van der Waals surface area contributed by atoms with Crippen LogP contribution in [0.2, 0.25) is 0 Å². The molecule has 8 heteroatoms. The van der Waals surface area contributed by atoms with Crippen LogP contribution in [-0.4, -0.2) is 44.8 Å². The van der Waals surface area contributed by atoms with E-state index in [1.807, 2.05) is 0 Å². The fourth-order valence-corrected chi connectivity index (χ4v) is 2.47. The van der Waals surface area contributed by atoms with Crippen LogP contribution in [0.15, 0.2) is 23.1 Å². The van der Waals surface area contributed by atoms with Crippen molar-refractivity contribution >= 4 is 27.3 Å². The van der Waals surface area contributed by atoms with E-state index in [1.54, 1.807) is 16.8 Å². The van der Waals surface area contributed by atoms with Crippen molar-refractivity contribution in [2.24, 2.45) is 0 Å². The van der Waals surface area contributed by atoms with E-state index < -0.39 is 18.6 Å². The van der Waals surface area contributed by atoms with Gasteiger partial charge >= 0.3 is 0 Å². The number of aliphatic hydroxyl groups is 1. The first-order chi connectivity index (χ1) is 8.47. The monoisotopic (exact) mass is 318 g/mol. The lowest BCUT2D eigenvalue weighted by molar-refractivity contribution is -0.0712. The summed E-state index contributed by atoms with van der Waals surface area (Å²) in [5, 5.41) is 13.3. The van der Waals surface area contributed by atoms with Crippen LogP contribution in [0.4, 0.5) is 14.6 Å². The van der Waals surface area contributed by atoms with Gasteiger partial charge in [0.25, 0.3) is 5.92 Å². The summed E-state index contributed by atoms with van der Waals surface area (Å²) >= 11 is 3.30. The predicted molar refractivity (Wildman–Crippen MR) is 63.9 cm³/mol. The van der Waals surface area contributed by atoms with Gasteiger partial charge in [-0.25, -0.2) is 18.3 Å². The van der Waals surface area contributed by atoms with Crippen molar-refractivity contribution in [1.29, 1.82) is 0 Å². The molecule has 2 aromatic rings. The molecule has 18 heavy (non-hydrogen) atoms. The van der Waals surface area contributed by atoms with Gasteiger partial charge in [-0.15, -0.1) is 0 Å². The summed E-state index contributed by atoms with van der Waals surface area (Å²) in [5.41, 5.74) is 0.620. The highest BCUT2D eigenvalue weighted by Crippen LogP contribution is 2.32. The third-order valence-corrected chi connectivity index (χ3v) is 3.37. The van der Waals surface area contributed by atoms with Crippen LogP contribution < -0.4 is 4.90 Å². The number of hydrogen-bond donors (Lipinski definition) is 1. The van der Waals surface area contributed by atoms with Gasteiger partial charge in [-0.2, -0.15) is 5.10 Å². The Labute approximate surface area is 109 Å². The van der Waals surface area contributed by atoms with E-state index in [-0.39, 0.29) is 6.54 Å². The van der Waals surface area contributed by atoms with Gasteiger partial charge in [0.05, 0.1) is 13.1 Å². The van der Waals surface area contributed by atoms with E-state index in [9.17, 15) is 13.9 Å². The summed E-state index contributed by atoms with van der Waals surface area (Å²) in [6.45, 7) is -0.674. The maximum absolute atomic E-state index is 13.3. The molecule has 1 unspecified atom stereocenters. The Bertz CT molecular complexity index is 603. The number of halogens is 3. The highest BCUT2D eigenvalue weighted by molar-refractivity contribution is 9.10. The van der Waals surface area contributed by atoms with Gasteiger partial charge in [-0.05, 0) is 22.0 Å². The van der Waals surface area contributed by atoms with Crippen molar-refractivity contribution in [3.63, 3.8) is 0 Å². The quantitative estimate of drug-likeness (QED) is 0.861. The van der Waals surface area contributed by atoms with Crippen molar-refractivity contribution < 1.29 is 13.9 Å². The van der Waals surface area contributed by atoms with Crippen molar-refractivity contribution in [1.82, 2.24) is 14.6 Å². The number of anilines is 1. The molecule has 5 nitrogen and oxygen atoms in total. The predicted octanol–water partition coefficient (Wildman–Crippen LogP) is 1.31. The standard InChI is InChI=1S/C10H9BrF2N4O/c11-6-1-7-9(14-5-15-17(7)2-6)16-3-8(18)10(12,13)4-16/h1-2,5,8,18H,3-4H2. The molecule has 0 radical (unpaired) electrons. The molecule has 1 aliphatic heterocycles. The van der Waals surface area contributed by atoms with E-state index in [0.717, 1.165) is 4.47 Å². The minimum atomic E-state index is -3.11. The third-order valence-electron chi connectivity index (χ3n) is 2.93. The molecule has 1 fully saturated rings. The molecule has 1 N–H and O–H groups in total. The topological polar surface area (TPSA) is 53.7 Å². The number of aliphatic hydroxyl groups excluding tert-OH is 1. The molecule has 0 amide bonds. The van der Waals surface area contributed by atoms with Gasteiger partial charge in [0, 0.05) is 10.7 Å². The Morgan fingerprint density at radius 1 is 1.50 bits per heavy atom. The van der Waals surface area contributed by atoms with E-state index in [0.29, 0.717) is 11.3 Å². The van der Waals surface area contributed by atoms with Gasteiger partial charge in [0.2, 0.25) is 0 Å². The average molecular weight is 319 g/mol. The van der Waals surface area contributed by atoms with Crippen LogP contribution in [0.1, 0.15) is 0 Å². The summed E-state index contributed by atoms with van der Waals surface area (Å²) in [6.07, 6.45) is 1.36. The Morgan fingerprint density at radius 3 is 2.94 bits per heavy atom. The van der Waals surface area contributed by atoms with Crippen molar-refractivity contribution in [2.75, 3.05) is 18.0 Å². The summed E-state index contributed by atoms with van der Waals surface area (Å²) in [7, 11) is 0. The molecule has 1 saturated heterocycles. The second kappa shape index (κ2) is 3.86. The number of rotatable bonds is 1. The Kier molecular flexibility index (Phi) is 2.53. The van der Waals surface area contributed by atoms with E-state index in [2.05, 4.69) is 26.0 Å². The number of nitrogens with zero attached hydrogens (tertiary/aromatic N) is 4. The number of alkyl halides is 2. The molecular weight excluding hydrogens is 310 g/mol. The zero-order valence-corrected chi connectivity index (χ0v) is 10.7. The van der Waals surface area contributed by atoms with Gasteiger partial charge in [0.15, 0.2) is 5.82 Å². The molecule has 0 spiro atoms. The SMILES string of the molecule is OC1CN(c2ncnn3cc(Br)cc23)CC1(F)F. The number of aromatic nitrogens is 3. The lowest BCUT2D eigenvalue weighted by atomic mass is 10.2. The first-order valence-electron chi connectivity index (χ1n) is 5.27. The molecule has 0 aromatic carbocycles. The molecule has 1 atom stereocenters. The fraction of sp³-hybridized carbons (Fsp3) is 0.400. The minimum absolute atomic E-state index is 0.136. The van der Waals surface area contributed by atoms with Crippen molar-refractivity contribution in [2.45, 2.75) is 12.0 Å². The molecule has 1 aliphatic rings. The molecular formula is C10H9BrF2N4O. The zero-order valence-electron chi connectivity index (χ0n) is 9.09. The number of hydrogen-bond acceptors (Lipinski definition) is 4. The third kappa shape index (κ3) is 1.76. The van der Waals surface area contributed by atoms with Gasteiger partial charge in [0.1, 0.15) is 17.9 Å². The van der Waals surface area contributed by atoms with Crippen LogP contribution >= 0.6 is 15.9 Å². The van der Waals surface area contributed by atoms with Crippen molar-refractivity contribution in [3.05, 3.63) is 23.1 Å². The second-order valence-corrected chi connectivity index (χ2v) is 5.14. The summed E-state index contributed by atoms with van der Waals surface area (Å²) in [6, 6.07) is 1.75. The highest BCUT2D eigenvalue weighted by atomic mass is 79.9. The van der Waals surface area contributed by atoms with Crippen LogP contribution in [0.25, 0.3) is 5.52 Å². The maximum atomic E-state index is 13.3. The van der Waals surface area contributed by atoms with Gasteiger partial charge < -0.3 is 10.0 Å². The lowest BCUT2D eigenvalue weighted by Crippen LogP contribution is -2.31. The van der Waals surface area contributed by atoms with Crippen LogP contribution in [0.5, 0.6) is 0 Å². The summed E-state index contributed by atoms with van der Waals surface area (Å²) in [5.74, 6) is -2.71. The normalized spacial score (nSPS) is 22.9. The van der Waals surface area contributed by atoms with Gasteiger partial charge in [-0.1, -0.05) is 0 Å². The zero-order chi connectivity index (χ0) is 12.9. The molecule has 2 aromatic heterocycles. The lowest BCUT2D eigenvalue weighted by Gasteiger charge is -2.16. The molecule has 96 valence electrons. The second-order valence-electron chi connectivity index (χ2n) is 4.23. The largest absolute Gasteiger partial charge is 0.385 e. The first-order valence-corrected chi connectivity index (χ1v) is 6.06.